The Kier molecular flexibility index (Phi) is 4.88. The molecule has 0 saturated heterocycles. The number of nitrogens with two attached hydrogens (primary N) is 1. The Morgan fingerprint density at radius 1 is 1.56 bits per heavy atom. The van der Waals surface area contributed by atoms with Crippen molar-refractivity contribution in [2.24, 2.45) is 10.8 Å². The van der Waals surface area contributed by atoms with Gasteiger partial charge in [0.25, 0.3) is 0 Å². The maximum absolute atomic E-state index is 13.7. The molecule has 1 rings (SSSR count). The molecular formula is C11H16FN3O. The van der Waals surface area contributed by atoms with E-state index >= 15 is 0 Å². The number of amidine groups is 1. The van der Waals surface area contributed by atoms with E-state index in [1.807, 2.05) is 0 Å². The monoisotopic (exact) mass is 225 g/mol. The molecule has 16 heavy (non-hydrogen) atoms. The van der Waals surface area contributed by atoms with Crippen LogP contribution in [0.25, 0.3) is 0 Å². The number of rotatable bonds is 4. The Morgan fingerprint density at radius 2 is 2.31 bits per heavy atom. The first kappa shape index (κ1) is 12.6. The van der Waals surface area contributed by atoms with Crippen molar-refractivity contribution >= 4 is 5.84 Å². The van der Waals surface area contributed by atoms with Crippen LogP contribution in [-0.4, -0.2) is 26.1 Å². The quantitative estimate of drug-likeness (QED) is 0.264. The normalized spacial score (nSPS) is 11.6. The van der Waals surface area contributed by atoms with Gasteiger partial charge in [-0.1, -0.05) is 12.1 Å². The number of aliphatic imine (C=N–C) groups is 1. The highest BCUT2D eigenvalue weighted by Crippen LogP contribution is 2.11. The molecular weight excluding hydrogens is 209 g/mol. The molecule has 0 radical (unpaired) electrons. The zero-order valence-electron chi connectivity index (χ0n) is 9.46. The number of benzene rings is 1. The summed E-state index contributed by atoms with van der Waals surface area (Å²) in [6.45, 7) is 2.60. The molecule has 0 aliphatic rings. The Bertz CT molecular complexity index is 379. The average molecular weight is 225 g/mol. The van der Waals surface area contributed by atoms with E-state index in [0.29, 0.717) is 30.1 Å². The number of hydrogen-bond acceptors (Lipinski definition) is 3. The highest BCUT2D eigenvalue weighted by Gasteiger charge is 2.09. The topological polar surface area (TPSA) is 59.6 Å². The van der Waals surface area contributed by atoms with Gasteiger partial charge >= 0.3 is 0 Å². The third-order valence-corrected chi connectivity index (χ3v) is 2.15. The highest BCUT2D eigenvalue weighted by atomic mass is 19.1. The van der Waals surface area contributed by atoms with Crippen molar-refractivity contribution in [2.45, 2.75) is 6.92 Å². The number of methoxy groups -OCH3 is 1. The lowest BCUT2D eigenvalue weighted by molar-refractivity contribution is 0.208. The summed E-state index contributed by atoms with van der Waals surface area (Å²) >= 11 is 0. The van der Waals surface area contributed by atoms with Crippen LogP contribution in [-0.2, 0) is 4.74 Å². The van der Waals surface area contributed by atoms with Crippen LogP contribution in [0.3, 0.4) is 0 Å². The van der Waals surface area contributed by atoms with E-state index in [1.54, 1.807) is 32.2 Å². The SMILES string of the molecule is COCCN=C(NN)c1cccc(C)c1F. The number of hydrazine groups is 1. The minimum atomic E-state index is -0.309. The molecule has 0 aromatic heterocycles. The maximum atomic E-state index is 13.7. The van der Waals surface area contributed by atoms with Gasteiger partial charge in [-0.05, 0) is 18.6 Å². The van der Waals surface area contributed by atoms with E-state index in [4.69, 9.17) is 10.6 Å². The van der Waals surface area contributed by atoms with Crippen molar-refractivity contribution in [1.29, 1.82) is 0 Å². The fourth-order valence-electron chi connectivity index (χ4n) is 1.29. The summed E-state index contributed by atoms with van der Waals surface area (Å²) in [4.78, 5) is 4.12. The molecule has 0 saturated carbocycles. The van der Waals surface area contributed by atoms with Gasteiger partial charge in [0.05, 0.1) is 18.7 Å². The zero-order chi connectivity index (χ0) is 12.0. The van der Waals surface area contributed by atoms with Gasteiger partial charge in [-0.3, -0.25) is 4.99 Å². The van der Waals surface area contributed by atoms with Crippen molar-refractivity contribution in [3.05, 3.63) is 35.1 Å². The third kappa shape index (κ3) is 3.01. The second-order valence-electron chi connectivity index (χ2n) is 3.30. The fourth-order valence-corrected chi connectivity index (χ4v) is 1.29. The number of ether oxygens (including phenoxy) is 1. The van der Waals surface area contributed by atoms with Gasteiger partial charge in [-0.25, -0.2) is 10.2 Å². The van der Waals surface area contributed by atoms with Crippen molar-refractivity contribution in [3.8, 4) is 0 Å². The Balaban J connectivity index is 2.95. The fraction of sp³-hybridized carbons (Fsp3) is 0.364. The maximum Gasteiger partial charge on any atom is 0.145 e. The second kappa shape index (κ2) is 6.19. The number of hydrogen-bond donors (Lipinski definition) is 2. The third-order valence-electron chi connectivity index (χ3n) is 2.15. The van der Waals surface area contributed by atoms with Crippen LogP contribution in [0, 0.1) is 12.7 Å². The average Bonchev–Trinajstić information content (AvgIpc) is 2.29. The highest BCUT2D eigenvalue weighted by molar-refractivity contribution is 5.98. The smallest absolute Gasteiger partial charge is 0.145 e. The van der Waals surface area contributed by atoms with Crippen LogP contribution in [0.15, 0.2) is 23.2 Å². The number of nitrogens with zero attached hydrogens (tertiary/aromatic N) is 1. The van der Waals surface area contributed by atoms with E-state index in [-0.39, 0.29) is 5.82 Å². The Labute approximate surface area is 94.3 Å². The van der Waals surface area contributed by atoms with E-state index in [2.05, 4.69) is 10.4 Å². The summed E-state index contributed by atoms with van der Waals surface area (Å²) in [6.07, 6.45) is 0. The van der Waals surface area contributed by atoms with Crippen molar-refractivity contribution in [2.75, 3.05) is 20.3 Å². The second-order valence-corrected chi connectivity index (χ2v) is 3.30. The Morgan fingerprint density at radius 3 is 2.94 bits per heavy atom. The minimum Gasteiger partial charge on any atom is -0.383 e. The van der Waals surface area contributed by atoms with Crippen LogP contribution in [0.5, 0.6) is 0 Å². The molecule has 0 heterocycles. The van der Waals surface area contributed by atoms with E-state index in [0.717, 1.165) is 0 Å². The number of nitrogens with one attached hydrogen (secondary N) is 1. The summed E-state index contributed by atoms with van der Waals surface area (Å²) in [6, 6.07) is 5.09. The van der Waals surface area contributed by atoms with Crippen LogP contribution in [0.4, 0.5) is 4.39 Å². The molecule has 0 aliphatic heterocycles. The standard InChI is InChI=1S/C11H16FN3O/c1-8-4-3-5-9(10(8)12)11(15-13)14-6-7-16-2/h3-5H,6-7,13H2,1-2H3,(H,14,15). The predicted octanol–water partition coefficient (Wildman–Crippen LogP) is 0.990. The van der Waals surface area contributed by atoms with E-state index in [1.165, 1.54) is 0 Å². The molecule has 0 fully saturated rings. The zero-order valence-corrected chi connectivity index (χ0v) is 9.46. The van der Waals surface area contributed by atoms with Crippen LogP contribution in [0.1, 0.15) is 11.1 Å². The predicted molar refractivity (Wildman–Crippen MR) is 61.7 cm³/mol. The lowest BCUT2D eigenvalue weighted by atomic mass is 10.1. The molecule has 0 atom stereocenters. The molecule has 1 aromatic carbocycles. The molecule has 0 amide bonds. The lowest BCUT2D eigenvalue weighted by Crippen LogP contribution is -2.32. The van der Waals surface area contributed by atoms with E-state index < -0.39 is 0 Å². The molecule has 3 N–H and O–H groups in total. The van der Waals surface area contributed by atoms with Crippen LogP contribution in [0.2, 0.25) is 0 Å². The van der Waals surface area contributed by atoms with Gasteiger partial charge in [0.2, 0.25) is 0 Å². The first-order valence-corrected chi connectivity index (χ1v) is 4.96. The number of aryl methyl sites for hydroxylation is 1. The van der Waals surface area contributed by atoms with Crippen LogP contribution >= 0.6 is 0 Å². The molecule has 0 spiro atoms. The van der Waals surface area contributed by atoms with Gasteiger partial charge < -0.3 is 10.2 Å². The van der Waals surface area contributed by atoms with Crippen molar-refractivity contribution < 1.29 is 9.13 Å². The first-order chi connectivity index (χ1) is 7.70. The van der Waals surface area contributed by atoms with Crippen molar-refractivity contribution in [1.82, 2.24) is 5.43 Å². The Hall–Kier alpha value is -1.46. The summed E-state index contributed by atoms with van der Waals surface area (Å²) in [5, 5.41) is 0. The van der Waals surface area contributed by atoms with Gasteiger partial charge in [-0.15, -0.1) is 0 Å². The minimum absolute atomic E-state index is 0.309. The molecule has 0 bridgehead atoms. The molecule has 4 nitrogen and oxygen atoms in total. The molecule has 0 aliphatic carbocycles. The molecule has 1 aromatic rings. The lowest BCUT2D eigenvalue weighted by Gasteiger charge is -2.08. The van der Waals surface area contributed by atoms with Crippen LogP contribution < -0.4 is 11.3 Å². The number of halogens is 1. The largest absolute Gasteiger partial charge is 0.383 e. The summed E-state index contributed by atoms with van der Waals surface area (Å²) in [7, 11) is 1.58. The summed E-state index contributed by atoms with van der Waals surface area (Å²) < 4.78 is 18.6. The first-order valence-electron chi connectivity index (χ1n) is 4.96. The molecule has 5 heteroatoms. The van der Waals surface area contributed by atoms with Gasteiger partial charge in [0.15, 0.2) is 0 Å². The van der Waals surface area contributed by atoms with Gasteiger partial charge in [0.1, 0.15) is 11.7 Å². The van der Waals surface area contributed by atoms with Crippen molar-refractivity contribution in [3.63, 3.8) is 0 Å². The van der Waals surface area contributed by atoms with E-state index in [9.17, 15) is 4.39 Å². The summed E-state index contributed by atoms with van der Waals surface area (Å²) in [5.41, 5.74) is 3.34. The molecule has 0 unspecified atom stereocenters. The summed E-state index contributed by atoms with van der Waals surface area (Å²) in [5.74, 6) is 5.34. The molecule has 88 valence electrons. The van der Waals surface area contributed by atoms with Gasteiger partial charge in [-0.2, -0.15) is 0 Å². The van der Waals surface area contributed by atoms with Gasteiger partial charge in [0, 0.05) is 7.11 Å².